The van der Waals surface area contributed by atoms with Gasteiger partial charge in [-0.3, -0.25) is 9.59 Å². The van der Waals surface area contributed by atoms with Gasteiger partial charge in [0.15, 0.2) is 5.78 Å². The molecular weight excluding hydrogens is 464 g/mol. The number of piperazine rings is 1. The average molecular weight is 493 g/mol. The van der Waals surface area contributed by atoms with Crippen molar-refractivity contribution in [2.24, 2.45) is 0 Å². The molecule has 33 heavy (non-hydrogen) atoms. The van der Waals surface area contributed by atoms with Gasteiger partial charge in [-0.15, -0.1) is 11.3 Å². The molecule has 1 fully saturated rings. The molecule has 8 nitrogen and oxygen atoms in total. The van der Waals surface area contributed by atoms with Crippen molar-refractivity contribution in [3.63, 3.8) is 0 Å². The Kier molecular flexibility index (Phi) is 8.04. The molecule has 0 unspecified atom stereocenters. The molecule has 2 heterocycles. The molecular formula is C23H28N2O6S2. The molecule has 0 N–H and O–H groups in total. The highest BCUT2D eigenvalue weighted by Gasteiger charge is 2.30. The molecule has 1 saturated heterocycles. The molecule has 1 amide bonds. The zero-order valence-corrected chi connectivity index (χ0v) is 20.6. The molecule has 1 aliphatic heterocycles. The molecule has 1 aromatic heterocycles. The molecule has 0 saturated carbocycles. The fourth-order valence-corrected chi connectivity index (χ4v) is 6.09. The van der Waals surface area contributed by atoms with Gasteiger partial charge in [0, 0.05) is 54.3 Å². The standard InChI is InChI=1S/C23H28N2O6S2/c1-4-31-23(28)18-5-7-19(8-6-18)33(29,30)25-13-11-24(12-14-25)22(27)10-9-21(26)20-15-16(2)32-17(20)3/h5-8,15H,4,9-14H2,1-3H3. The molecule has 2 aromatic rings. The summed E-state index contributed by atoms with van der Waals surface area (Å²) in [6.07, 6.45) is 0.246. The van der Waals surface area contributed by atoms with E-state index in [4.69, 9.17) is 4.74 Å². The summed E-state index contributed by atoms with van der Waals surface area (Å²) in [5.74, 6) is -0.696. The van der Waals surface area contributed by atoms with Gasteiger partial charge in [0.25, 0.3) is 0 Å². The predicted octanol–water partition coefficient (Wildman–Crippen LogP) is 3.04. The average Bonchev–Trinajstić information content (AvgIpc) is 3.15. The Balaban J connectivity index is 1.54. The molecule has 0 spiro atoms. The lowest BCUT2D eigenvalue weighted by atomic mass is 10.1. The normalized spacial score (nSPS) is 14.8. The van der Waals surface area contributed by atoms with Gasteiger partial charge in [-0.05, 0) is 51.1 Å². The third-order valence-electron chi connectivity index (χ3n) is 5.50. The van der Waals surface area contributed by atoms with Crippen molar-refractivity contribution in [2.75, 3.05) is 32.8 Å². The van der Waals surface area contributed by atoms with E-state index in [1.54, 1.807) is 23.2 Å². The fourth-order valence-electron chi connectivity index (χ4n) is 3.73. The van der Waals surface area contributed by atoms with Crippen LogP contribution < -0.4 is 0 Å². The monoisotopic (exact) mass is 492 g/mol. The summed E-state index contributed by atoms with van der Waals surface area (Å²) in [7, 11) is -3.74. The molecule has 1 aliphatic rings. The molecule has 178 valence electrons. The number of esters is 1. The minimum absolute atomic E-state index is 0.0438. The van der Waals surface area contributed by atoms with Crippen LogP contribution in [0.2, 0.25) is 0 Å². The maximum absolute atomic E-state index is 12.9. The van der Waals surface area contributed by atoms with Crippen molar-refractivity contribution < 1.29 is 27.5 Å². The number of aryl methyl sites for hydroxylation is 2. The van der Waals surface area contributed by atoms with Crippen LogP contribution in [0.25, 0.3) is 0 Å². The third kappa shape index (κ3) is 5.87. The second-order valence-electron chi connectivity index (χ2n) is 7.78. The smallest absolute Gasteiger partial charge is 0.338 e. The summed E-state index contributed by atoms with van der Waals surface area (Å²) in [6, 6.07) is 7.49. The number of nitrogens with zero attached hydrogens (tertiary/aromatic N) is 2. The maximum atomic E-state index is 12.9. The van der Waals surface area contributed by atoms with E-state index in [0.717, 1.165) is 9.75 Å². The van der Waals surface area contributed by atoms with E-state index in [2.05, 4.69) is 0 Å². The summed E-state index contributed by atoms with van der Waals surface area (Å²) < 4.78 is 32.1. The van der Waals surface area contributed by atoms with Crippen molar-refractivity contribution in [1.82, 2.24) is 9.21 Å². The summed E-state index contributed by atoms with van der Waals surface area (Å²) >= 11 is 1.56. The Bertz CT molecular complexity index is 1130. The molecule has 1 aromatic carbocycles. The Morgan fingerprint density at radius 3 is 2.18 bits per heavy atom. The number of carbonyl (C=O) groups excluding carboxylic acids is 3. The van der Waals surface area contributed by atoms with Gasteiger partial charge < -0.3 is 9.64 Å². The van der Waals surface area contributed by atoms with Crippen LogP contribution in [0.5, 0.6) is 0 Å². The van der Waals surface area contributed by atoms with Gasteiger partial charge in [0.05, 0.1) is 17.1 Å². The Morgan fingerprint density at radius 2 is 1.64 bits per heavy atom. The van der Waals surface area contributed by atoms with Crippen LogP contribution in [0.4, 0.5) is 0 Å². The Labute approximate surface area is 198 Å². The van der Waals surface area contributed by atoms with Crippen LogP contribution in [0, 0.1) is 13.8 Å². The van der Waals surface area contributed by atoms with Gasteiger partial charge in [0.1, 0.15) is 0 Å². The highest BCUT2D eigenvalue weighted by molar-refractivity contribution is 7.89. The Morgan fingerprint density at radius 1 is 1.00 bits per heavy atom. The highest BCUT2D eigenvalue weighted by atomic mass is 32.2. The van der Waals surface area contributed by atoms with Gasteiger partial charge in [-0.1, -0.05) is 0 Å². The number of hydrogen-bond donors (Lipinski definition) is 0. The number of sulfonamides is 1. The first kappa shape index (κ1) is 25.1. The van der Waals surface area contributed by atoms with Crippen LogP contribution in [-0.2, 0) is 19.6 Å². The number of ketones is 1. The van der Waals surface area contributed by atoms with Crippen molar-refractivity contribution in [2.45, 2.75) is 38.5 Å². The second-order valence-corrected chi connectivity index (χ2v) is 11.2. The van der Waals surface area contributed by atoms with Gasteiger partial charge >= 0.3 is 5.97 Å². The highest BCUT2D eigenvalue weighted by Crippen LogP contribution is 2.23. The number of rotatable bonds is 8. The van der Waals surface area contributed by atoms with E-state index in [9.17, 15) is 22.8 Å². The molecule has 10 heteroatoms. The summed E-state index contributed by atoms with van der Waals surface area (Å²) in [5.41, 5.74) is 0.962. The zero-order chi connectivity index (χ0) is 24.2. The number of thiophene rings is 1. The summed E-state index contributed by atoms with van der Waals surface area (Å²) in [6.45, 7) is 6.66. The number of benzene rings is 1. The largest absolute Gasteiger partial charge is 0.462 e. The molecule has 0 radical (unpaired) electrons. The molecule has 0 atom stereocenters. The van der Waals surface area contributed by atoms with E-state index >= 15 is 0 Å². The van der Waals surface area contributed by atoms with E-state index in [0.29, 0.717) is 5.56 Å². The third-order valence-corrected chi connectivity index (χ3v) is 8.38. The maximum Gasteiger partial charge on any atom is 0.338 e. The SMILES string of the molecule is CCOC(=O)c1ccc(S(=O)(=O)N2CCN(C(=O)CCC(=O)c3cc(C)sc3C)CC2)cc1. The van der Waals surface area contributed by atoms with Crippen molar-refractivity contribution in [1.29, 1.82) is 0 Å². The van der Waals surface area contributed by atoms with Crippen molar-refractivity contribution in [3.8, 4) is 0 Å². The number of Topliss-reactive ketones (excluding diaryl/α,β-unsaturated/α-hetero) is 1. The van der Waals surface area contributed by atoms with Crippen LogP contribution in [-0.4, -0.2) is 68.1 Å². The van der Waals surface area contributed by atoms with E-state index in [1.165, 1.54) is 28.6 Å². The summed E-state index contributed by atoms with van der Waals surface area (Å²) in [4.78, 5) is 40.5. The number of ether oxygens (including phenoxy) is 1. The van der Waals surface area contributed by atoms with Crippen molar-refractivity contribution in [3.05, 3.63) is 51.2 Å². The molecule has 0 bridgehead atoms. The zero-order valence-electron chi connectivity index (χ0n) is 19.0. The minimum atomic E-state index is -3.74. The van der Waals surface area contributed by atoms with E-state index in [1.807, 2.05) is 19.9 Å². The van der Waals surface area contributed by atoms with Gasteiger partial charge in [-0.25, -0.2) is 13.2 Å². The first-order valence-electron chi connectivity index (χ1n) is 10.8. The first-order chi connectivity index (χ1) is 15.6. The van der Waals surface area contributed by atoms with Crippen LogP contribution in [0.3, 0.4) is 0 Å². The first-order valence-corrected chi connectivity index (χ1v) is 13.0. The van der Waals surface area contributed by atoms with Gasteiger partial charge in [0.2, 0.25) is 15.9 Å². The topological polar surface area (TPSA) is 101 Å². The lowest BCUT2D eigenvalue weighted by Crippen LogP contribution is -2.50. The Hall–Kier alpha value is -2.56. The van der Waals surface area contributed by atoms with Crippen LogP contribution >= 0.6 is 11.3 Å². The van der Waals surface area contributed by atoms with Gasteiger partial charge in [-0.2, -0.15) is 4.31 Å². The quantitative estimate of drug-likeness (QED) is 0.415. The number of hydrogen-bond acceptors (Lipinski definition) is 7. The molecule has 0 aliphatic carbocycles. The lowest BCUT2D eigenvalue weighted by Gasteiger charge is -2.34. The minimum Gasteiger partial charge on any atom is -0.462 e. The fraction of sp³-hybridized carbons (Fsp3) is 0.435. The van der Waals surface area contributed by atoms with Crippen LogP contribution in [0.1, 0.15) is 50.2 Å². The van der Waals surface area contributed by atoms with Crippen LogP contribution in [0.15, 0.2) is 35.2 Å². The van der Waals surface area contributed by atoms with E-state index < -0.39 is 16.0 Å². The lowest BCUT2D eigenvalue weighted by molar-refractivity contribution is -0.132. The number of amides is 1. The van der Waals surface area contributed by atoms with E-state index in [-0.39, 0.29) is 67.8 Å². The molecule has 3 rings (SSSR count). The second kappa shape index (κ2) is 10.6. The predicted molar refractivity (Wildman–Crippen MR) is 125 cm³/mol. The number of carbonyl (C=O) groups is 3. The summed E-state index contributed by atoms with van der Waals surface area (Å²) in [5, 5.41) is 0. The van der Waals surface area contributed by atoms with Crippen molar-refractivity contribution >= 4 is 39.0 Å².